The minimum absolute atomic E-state index is 0.0130. The Morgan fingerprint density at radius 3 is 2.54 bits per heavy atom. The average molecular weight is 520 g/mol. The van der Waals surface area contributed by atoms with Gasteiger partial charge in [-0.25, -0.2) is 4.79 Å². The van der Waals surface area contributed by atoms with Crippen molar-refractivity contribution >= 4 is 35.2 Å². The van der Waals surface area contributed by atoms with Crippen LogP contribution in [-0.4, -0.2) is 67.7 Å². The first-order valence-electron chi connectivity index (χ1n) is 12.0. The first kappa shape index (κ1) is 25.8. The van der Waals surface area contributed by atoms with E-state index >= 15 is 0 Å². The van der Waals surface area contributed by atoms with Gasteiger partial charge in [-0.2, -0.15) is 0 Å². The molecule has 0 saturated carbocycles. The number of benzene rings is 2. The van der Waals surface area contributed by atoms with Gasteiger partial charge in [-0.1, -0.05) is 59.6 Å². The number of nitrogens with one attached hydrogen (secondary N) is 1. The second-order valence-electron chi connectivity index (χ2n) is 8.95. The molecule has 1 unspecified atom stereocenters. The van der Waals surface area contributed by atoms with Crippen LogP contribution >= 0.6 is 23.2 Å². The highest BCUT2D eigenvalue weighted by molar-refractivity contribution is 6.42. The van der Waals surface area contributed by atoms with Gasteiger partial charge in [0.15, 0.2) is 0 Å². The summed E-state index contributed by atoms with van der Waals surface area (Å²) in [7, 11) is 0. The lowest BCUT2D eigenvalue weighted by atomic mass is 9.81. The highest BCUT2D eigenvalue weighted by atomic mass is 35.5. The number of rotatable bonds is 7. The molecule has 2 aliphatic rings. The van der Waals surface area contributed by atoms with Crippen LogP contribution in [0.2, 0.25) is 10.0 Å². The van der Waals surface area contributed by atoms with E-state index in [2.05, 4.69) is 22.3 Å². The van der Waals surface area contributed by atoms with E-state index in [4.69, 9.17) is 32.7 Å². The molecular formula is C26H31Cl2N3O4. The zero-order valence-corrected chi connectivity index (χ0v) is 21.4. The number of alkyl carbamates (subject to hydrolysis) is 1. The smallest absolute Gasteiger partial charge is 0.407 e. The van der Waals surface area contributed by atoms with Crippen LogP contribution in [0.3, 0.4) is 0 Å². The maximum atomic E-state index is 12.5. The van der Waals surface area contributed by atoms with E-state index in [0.717, 1.165) is 43.6 Å². The van der Waals surface area contributed by atoms with Gasteiger partial charge < -0.3 is 24.6 Å². The zero-order valence-electron chi connectivity index (χ0n) is 19.8. The Hall–Kier alpha value is -2.32. The molecule has 2 aromatic carbocycles. The SMILES string of the molecule is CCOC(=O)NC1(c2ccccc2)CCN(CCN2CC(c3ccc(Cl)c(Cl)c3)OCC2=O)CC1. The maximum absolute atomic E-state index is 12.5. The summed E-state index contributed by atoms with van der Waals surface area (Å²) in [5.41, 5.74) is 1.53. The lowest BCUT2D eigenvalue weighted by Crippen LogP contribution is -2.54. The van der Waals surface area contributed by atoms with Crippen molar-refractivity contribution in [2.45, 2.75) is 31.4 Å². The van der Waals surface area contributed by atoms with Crippen LogP contribution < -0.4 is 5.32 Å². The minimum Gasteiger partial charge on any atom is -0.450 e. The normalized spacial score (nSPS) is 20.5. The van der Waals surface area contributed by atoms with E-state index in [1.165, 1.54) is 0 Å². The Morgan fingerprint density at radius 1 is 1.11 bits per heavy atom. The Kier molecular flexibility index (Phi) is 8.55. The number of hydrogen-bond donors (Lipinski definition) is 1. The number of morpholine rings is 1. The number of nitrogens with zero attached hydrogens (tertiary/aromatic N) is 2. The van der Waals surface area contributed by atoms with Crippen LogP contribution in [0.5, 0.6) is 0 Å². The number of halogens is 2. The second-order valence-corrected chi connectivity index (χ2v) is 9.76. The van der Waals surface area contributed by atoms with Crippen LogP contribution in [0.25, 0.3) is 0 Å². The molecule has 0 bridgehead atoms. The molecule has 4 rings (SSSR count). The quantitative estimate of drug-likeness (QED) is 0.577. The van der Waals surface area contributed by atoms with E-state index in [9.17, 15) is 9.59 Å². The van der Waals surface area contributed by atoms with Gasteiger partial charge in [-0.05, 0) is 43.0 Å². The van der Waals surface area contributed by atoms with E-state index in [1.807, 2.05) is 29.2 Å². The number of likely N-dealkylation sites (tertiary alicyclic amines) is 1. The van der Waals surface area contributed by atoms with Crippen molar-refractivity contribution in [3.63, 3.8) is 0 Å². The number of piperidine rings is 1. The van der Waals surface area contributed by atoms with Crippen LogP contribution in [0.1, 0.15) is 37.0 Å². The monoisotopic (exact) mass is 519 g/mol. The number of hydrogen-bond acceptors (Lipinski definition) is 5. The number of carbonyl (C=O) groups excluding carboxylic acids is 2. The summed E-state index contributed by atoms with van der Waals surface area (Å²) in [5.74, 6) is -0.0130. The minimum atomic E-state index is -0.461. The molecule has 1 atom stereocenters. The van der Waals surface area contributed by atoms with Crippen molar-refractivity contribution in [1.82, 2.24) is 15.1 Å². The van der Waals surface area contributed by atoms with Crippen molar-refractivity contribution in [3.8, 4) is 0 Å². The summed E-state index contributed by atoms with van der Waals surface area (Å²) < 4.78 is 10.9. The first-order valence-corrected chi connectivity index (χ1v) is 12.7. The Morgan fingerprint density at radius 2 is 1.86 bits per heavy atom. The average Bonchev–Trinajstić information content (AvgIpc) is 2.87. The number of carbonyl (C=O) groups is 2. The third-order valence-corrected chi connectivity index (χ3v) is 7.54. The van der Waals surface area contributed by atoms with Crippen molar-refractivity contribution in [1.29, 1.82) is 0 Å². The Bertz CT molecular complexity index is 1030. The van der Waals surface area contributed by atoms with Crippen molar-refractivity contribution in [2.75, 3.05) is 45.9 Å². The van der Waals surface area contributed by atoms with Gasteiger partial charge in [0.25, 0.3) is 0 Å². The van der Waals surface area contributed by atoms with E-state index < -0.39 is 11.6 Å². The molecule has 0 spiro atoms. The van der Waals surface area contributed by atoms with Crippen LogP contribution in [0, 0.1) is 0 Å². The molecule has 0 aliphatic carbocycles. The van der Waals surface area contributed by atoms with Gasteiger partial charge in [0.1, 0.15) is 12.7 Å². The van der Waals surface area contributed by atoms with Gasteiger partial charge in [-0.15, -0.1) is 0 Å². The molecule has 2 heterocycles. The van der Waals surface area contributed by atoms with E-state index in [0.29, 0.717) is 29.7 Å². The largest absolute Gasteiger partial charge is 0.450 e. The van der Waals surface area contributed by atoms with Crippen molar-refractivity contribution < 1.29 is 19.1 Å². The third-order valence-electron chi connectivity index (χ3n) is 6.80. The van der Waals surface area contributed by atoms with Gasteiger partial charge in [0.2, 0.25) is 5.91 Å². The molecule has 2 fully saturated rings. The molecule has 1 N–H and O–H groups in total. The topological polar surface area (TPSA) is 71.1 Å². The fraction of sp³-hybridized carbons (Fsp3) is 0.462. The standard InChI is InChI=1S/C26H31Cl2N3O4/c1-2-34-25(33)29-26(20-6-4-3-5-7-20)10-12-30(13-11-26)14-15-31-17-23(35-18-24(31)32)19-8-9-21(27)22(28)16-19/h3-9,16,23H,2,10-15,17-18H2,1H3,(H,29,33). The molecule has 188 valence electrons. The maximum Gasteiger partial charge on any atom is 0.407 e. The molecule has 2 aliphatic heterocycles. The highest BCUT2D eigenvalue weighted by Gasteiger charge is 2.38. The van der Waals surface area contributed by atoms with Gasteiger partial charge in [0.05, 0.1) is 28.7 Å². The second kappa shape index (κ2) is 11.6. The fourth-order valence-corrected chi connectivity index (χ4v) is 5.08. The van der Waals surface area contributed by atoms with Crippen molar-refractivity contribution in [2.24, 2.45) is 0 Å². The van der Waals surface area contributed by atoms with Crippen molar-refractivity contribution in [3.05, 3.63) is 69.7 Å². The molecule has 2 saturated heterocycles. The van der Waals surface area contributed by atoms with Gasteiger partial charge in [-0.3, -0.25) is 4.79 Å². The van der Waals surface area contributed by atoms with Gasteiger partial charge >= 0.3 is 6.09 Å². The summed E-state index contributed by atoms with van der Waals surface area (Å²) in [6.45, 7) is 5.63. The lowest BCUT2D eigenvalue weighted by Gasteiger charge is -2.43. The first-order chi connectivity index (χ1) is 16.9. The molecule has 0 radical (unpaired) electrons. The molecule has 0 aromatic heterocycles. The molecule has 7 nitrogen and oxygen atoms in total. The molecule has 35 heavy (non-hydrogen) atoms. The molecule has 2 amide bonds. The summed E-state index contributed by atoms with van der Waals surface area (Å²) in [6.07, 6.45) is 0.901. The van der Waals surface area contributed by atoms with Gasteiger partial charge in [0, 0.05) is 26.2 Å². The van der Waals surface area contributed by atoms with E-state index in [-0.39, 0.29) is 18.6 Å². The summed E-state index contributed by atoms with van der Waals surface area (Å²) in [5, 5.41) is 4.09. The molecule has 9 heteroatoms. The number of amides is 2. The fourth-order valence-electron chi connectivity index (χ4n) is 4.77. The van der Waals surface area contributed by atoms with Crippen LogP contribution in [0.4, 0.5) is 4.79 Å². The summed E-state index contributed by atoms with van der Waals surface area (Å²) in [6, 6.07) is 15.5. The lowest BCUT2D eigenvalue weighted by molar-refractivity contribution is -0.149. The Labute approximate surface area is 216 Å². The number of ether oxygens (including phenoxy) is 2. The highest BCUT2D eigenvalue weighted by Crippen LogP contribution is 2.33. The van der Waals surface area contributed by atoms with Crippen LogP contribution in [-0.2, 0) is 19.8 Å². The summed E-state index contributed by atoms with van der Waals surface area (Å²) in [4.78, 5) is 29.0. The molecule has 2 aromatic rings. The molecular weight excluding hydrogens is 489 g/mol. The Balaban J connectivity index is 1.35. The predicted molar refractivity (Wildman–Crippen MR) is 136 cm³/mol. The van der Waals surface area contributed by atoms with E-state index in [1.54, 1.807) is 19.1 Å². The predicted octanol–water partition coefficient (Wildman–Crippen LogP) is 4.63. The zero-order chi connectivity index (χ0) is 24.8. The summed E-state index contributed by atoms with van der Waals surface area (Å²) >= 11 is 12.2. The van der Waals surface area contributed by atoms with Crippen LogP contribution in [0.15, 0.2) is 48.5 Å². The third kappa shape index (κ3) is 6.28.